The summed E-state index contributed by atoms with van der Waals surface area (Å²) < 4.78 is 2.10. The van der Waals surface area contributed by atoms with E-state index < -0.39 is 0 Å². The molecule has 0 spiro atoms. The van der Waals surface area contributed by atoms with Gasteiger partial charge in [0.25, 0.3) is 0 Å². The van der Waals surface area contributed by atoms with Crippen LogP contribution in [0.25, 0.3) is 4.96 Å². The van der Waals surface area contributed by atoms with Crippen LogP contribution in [0.15, 0.2) is 34.6 Å². The second-order valence-electron chi connectivity index (χ2n) is 4.62. The van der Waals surface area contributed by atoms with Crippen LogP contribution in [0.5, 0.6) is 0 Å². The van der Waals surface area contributed by atoms with Gasteiger partial charge in [-0.25, -0.2) is 4.98 Å². The van der Waals surface area contributed by atoms with Crippen LogP contribution in [0.2, 0.25) is 0 Å². The topological polar surface area (TPSA) is 29.3 Å². The molecule has 3 rings (SSSR count). The molecule has 0 aliphatic rings. The highest BCUT2D eigenvalue weighted by Gasteiger charge is 2.12. The van der Waals surface area contributed by atoms with E-state index in [4.69, 9.17) is 0 Å². The fourth-order valence-electron chi connectivity index (χ4n) is 2.33. The molecule has 0 bridgehead atoms. The van der Waals surface area contributed by atoms with Crippen LogP contribution < -0.4 is 5.32 Å². The number of rotatable bonds is 6. The first-order valence-electron chi connectivity index (χ1n) is 6.50. The third-order valence-electron chi connectivity index (χ3n) is 3.15. The van der Waals surface area contributed by atoms with Crippen LogP contribution in [0.4, 0.5) is 0 Å². The van der Waals surface area contributed by atoms with E-state index in [-0.39, 0.29) is 0 Å². The van der Waals surface area contributed by atoms with E-state index in [0.717, 1.165) is 24.3 Å². The van der Waals surface area contributed by atoms with Gasteiger partial charge in [0.05, 0.1) is 5.69 Å². The highest BCUT2D eigenvalue weighted by atomic mass is 32.1. The Bertz CT molecular complexity index is 596. The highest BCUT2D eigenvalue weighted by Crippen LogP contribution is 2.15. The number of hydrogen-bond donors (Lipinski definition) is 1. The third-order valence-corrected chi connectivity index (χ3v) is 4.66. The first kappa shape index (κ1) is 12.8. The van der Waals surface area contributed by atoms with Gasteiger partial charge in [-0.1, -0.05) is 6.92 Å². The summed E-state index contributed by atoms with van der Waals surface area (Å²) in [5.41, 5.74) is 2.59. The smallest absolute Gasteiger partial charge is 0.193 e. The lowest BCUT2D eigenvalue weighted by Gasteiger charge is -2.15. The second-order valence-corrected chi connectivity index (χ2v) is 6.27. The molecule has 0 aliphatic carbocycles. The van der Waals surface area contributed by atoms with Crippen LogP contribution in [0, 0.1) is 0 Å². The Morgan fingerprint density at radius 2 is 2.32 bits per heavy atom. The molecule has 3 aromatic heterocycles. The van der Waals surface area contributed by atoms with Crippen molar-refractivity contribution in [2.75, 3.05) is 6.54 Å². The average Bonchev–Trinajstić information content (AvgIpc) is 3.05. The summed E-state index contributed by atoms with van der Waals surface area (Å²) >= 11 is 3.45. The molecule has 0 radical (unpaired) electrons. The van der Waals surface area contributed by atoms with Crippen LogP contribution in [-0.4, -0.2) is 22.0 Å². The monoisotopic (exact) mass is 291 g/mol. The molecule has 3 aromatic rings. The molecule has 1 unspecified atom stereocenters. The lowest BCUT2D eigenvalue weighted by molar-refractivity contribution is 0.518. The maximum atomic E-state index is 4.67. The van der Waals surface area contributed by atoms with E-state index in [1.54, 1.807) is 22.7 Å². The van der Waals surface area contributed by atoms with E-state index in [2.05, 4.69) is 56.2 Å². The molecule has 0 saturated carbocycles. The summed E-state index contributed by atoms with van der Waals surface area (Å²) in [7, 11) is 0. The molecule has 1 N–H and O–H groups in total. The van der Waals surface area contributed by atoms with Gasteiger partial charge in [-0.3, -0.25) is 4.40 Å². The molecular formula is C14H17N3S2. The minimum atomic E-state index is 0.462. The molecule has 19 heavy (non-hydrogen) atoms. The number of likely N-dealkylation sites (N-methyl/N-ethyl adjacent to an activating group) is 1. The Balaban J connectivity index is 1.71. The number of hydrogen-bond acceptors (Lipinski definition) is 4. The lowest BCUT2D eigenvalue weighted by Crippen LogP contribution is -2.33. The van der Waals surface area contributed by atoms with Crippen molar-refractivity contribution < 1.29 is 0 Å². The van der Waals surface area contributed by atoms with Crippen molar-refractivity contribution in [1.29, 1.82) is 0 Å². The van der Waals surface area contributed by atoms with Crippen molar-refractivity contribution in [3.63, 3.8) is 0 Å². The van der Waals surface area contributed by atoms with E-state index in [9.17, 15) is 0 Å². The summed E-state index contributed by atoms with van der Waals surface area (Å²) in [5.74, 6) is 0. The molecule has 5 heteroatoms. The fourth-order valence-corrected chi connectivity index (χ4v) is 3.73. The summed E-state index contributed by atoms with van der Waals surface area (Å²) in [6, 6.07) is 2.67. The second kappa shape index (κ2) is 5.86. The molecule has 1 atom stereocenters. The number of thiazole rings is 1. The lowest BCUT2D eigenvalue weighted by atomic mass is 10.0. The molecule has 100 valence electrons. The highest BCUT2D eigenvalue weighted by molar-refractivity contribution is 7.15. The zero-order chi connectivity index (χ0) is 13.1. The maximum Gasteiger partial charge on any atom is 0.193 e. The molecule has 0 aliphatic heterocycles. The van der Waals surface area contributed by atoms with E-state index in [1.165, 1.54) is 11.3 Å². The Hall–Kier alpha value is -1.17. The van der Waals surface area contributed by atoms with Gasteiger partial charge in [0.1, 0.15) is 0 Å². The van der Waals surface area contributed by atoms with Gasteiger partial charge in [0.15, 0.2) is 4.96 Å². The van der Waals surface area contributed by atoms with Gasteiger partial charge in [-0.15, -0.1) is 11.3 Å². The first-order chi connectivity index (χ1) is 9.35. The molecule has 0 fully saturated rings. The van der Waals surface area contributed by atoms with Crippen molar-refractivity contribution >= 4 is 27.6 Å². The predicted molar refractivity (Wildman–Crippen MR) is 82.3 cm³/mol. The van der Waals surface area contributed by atoms with Crippen molar-refractivity contribution in [3.05, 3.63) is 45.9 Å². The van der Waals surface area contributed by atoms with Crippen LogP contribution in [0.1, 0.15) is 18.2 Å². The molecule has 3 heterocycles. The van der Waals surface area contributed by atoms with Crippen LogP contribution in [0.3, 0.4) is 0 Å². The maximum absolute atomic E-state index is 4.67. The fraction of sp³-hybridized carbons (Fsp3) is 0.357. The van der Waals surface area contributed by atoms with Gasteiger partial charge < -0.3 is 5.32 Å². The number of thiophene rings is 1. The zero-order valence-electron chi connectivity index (χ0n) is 10.9. The van der Waals surface area contributed by atoms with Crippen molar-refractivity contribution in [1.82, 2.24) is 14.7 Å². The first-order valence-corrected chi connectivity index (χ1v) is 8.33. The number of fused-ring (bicyclic) bond motifs is 1. The summed E-state index contributed by atoms with van der Waals surface area (Å²) in [4.78, 5) is 5.75. The third kappa shape index (κ3) is 3.05. The van der Waals surface area contributed by atoms with E-state index >= 15 is 0 Å². The molecule has 3 nitrogen and oxygen atoms in total. The minimum absolute atomic E-state index is 0.462. The van der Waals surface area contributed by atoms with Gasteiger partial charge in [0.2, 0.25) is 0 Å². The van der Waals surface area contributed by atoms with Crippen molar-refractivity contribution in [2.45, 2.75) is 25.8 Å². The Morgan fingerprint density at radius 3 is 3.05 bits per heavy atom. The summed E-state index contributed by atoms with van der Waals surface area (Å²) in [6.45, 7) is 3.16. The van der Waals surface area contributed by atoms with Gasteiger partial charge in [0, 0.05) is 30.2 Å². The molecule has 0 saturated heterocycles. The number of aromatic nitrogens is 2. The standard InChI is InChI=1S/C14H17N3S2/c1-2-15-12(7-11-3-5-18-10-11)8-13-9-17-4-6-19-14(17)16-13/h3-6,9-10,12,15H,2,7-8H2,1H3. The minimum Gasteiger partial charge on any atom is -0.314 e. The molecular weight excluding hydrogens is 274 g/mol. The zero-order valence-corrected chi connectivity index (χ0v) is 12.5. The van der Waals surface area contributed by atoms with E-state index in [0.29, 0.717) is 6.04 Å². The Kier molecular flexibility index (Phi) is 3.96. The largest absolute Gasteiger partial charge is 0.314 e. The SMILES string of the molecule is CCNC(Cc1ccsc1)Cc1cn2ccsc2n1. The van der Waals surface area contributed by atoms with Crippen LogP contribution in [-0.2, 0) is 12.8 Å². The van der Waals surface area contributed by atoms with Gasteiger partial charge in [-0.05, 0) is 35.4 Å². The summed E-state index contributed by atoms with van der Waals surface area (Å²) in [5, 5.41) is 10.0. The Labute approximate surface area is 120 Å². The predicted octanol–water partition coefficient (Wildman–Crippen LogP) is 3.22. The van der Waals surface area contributed by atoms with E-state index in [1.807, 2.05) is 0 Å². The normalized spacial score (nSPS) is 13.1. The molecule has 0 aromatic carbocycles. The van der Waals surface area contributed by atoms with Crippen LogP contribution >= 0.6 is 22.7 Å². The molecule has 0 amide bonds. The average molecular weight is 291 g/mol. The van der Waals surface area contributed by atoms with Crippen molar-refractivity contribution in [2.24, 2.45) is 0 Å². The van der Waals surface area contributed by atoms with Crippen molar-refractivity contribution in [3.8, 4) is 0 Å². The number of imidazole rings is 1. The quantitative estimate of drug-likeness (QED) is 0.755. The van der Waals surface area contributed by atoms with Gasteiger partial charge in [-0.2, -0.15) is 11.3 Å². The number of nitrogens with zero attached hydrogens (tertiary/aromatic N) is 2. The summed E-state index contributed by atoms with van der Waals surface area (Å²) in [6.07, 6.45) is 6.27. The van der Waals surface area contributed by atoms with Gasteiger partial charge >= 0.3 is 0 Å². The number of nitrogens with one attached hydrogen (secondary N) is 1. The Morgan fingerprint density at radius 1 is 1.37 bits per heavy atom.